The van der Waals surface area contributed by atoms with Gasteiger partial charge in [0.1, 0.15) is 0 Å². The van der Waals surface area contributed by atoms with Gasteiger partial charge in [0.05, 0.1) is 23.4 Å². The number of ether oxygens (including phenoxy) is 1. The summed E-state index contributed by atoms with van der Waals surface area (Å²) in [6.45, 7) is 1.86. The molecule has 1 aromatic carbocycles. The van der Waals surface area contributed by atoms with E-state index in [1.807, 2.05) is 0 Å². The number of benzene rings is 1. The normalized spacial score (nSPS) is 11.6. The first-order chi connectivity index (χ1) is 15.2. The quantitative estimate of drug-likeness (QED) is 0.277. The molecule has 0 saturated carbocycles. The van der Waals surface area contributed by atoms with Crippen molar-refractivity contribution in [1.82, 2.24) is 35.6 Å². The largest absolute Gasteiger partial charge is 0.490 e. The van der Waals surface area contributed by atoms with E-state index in [-0.39, 0.29) is 35.3 Å². The number of nitrogen functional groups attached to an aromatic ring is 1. The van der Waals surface area contributed by atoms with Gasteiger partial charge in [-0.15, -0.1) is 5.10 Å². The molecule has 0 aliphatic rings. The molecule has 0 radical (unpaired) electrons. The van der Waals surface area contributed by atoms with Crippen LogP contribution in [0.4, 0.5) is 11.5 Å². The molecule has 3 rings (SSSR count). The number of nitrogens with one attached hydrogen (secondary N) is 1. The lowest BCUT2D eigenvalue weighted by Gasteiger charge is -2.11. The topological polar surface area (TPSA) is 193 Å². The SMILES string of the molecule is COc1ccc(C(C)=NNC(=O)c2nnn(-c3nonc3N)c2CN(C)C)cc1[N+](=O)[O-]. The molecular weight excluding hydrogens is 424 g/mol. The molecule has 3 aromatic rings. The molecule has 3 N–H and O–H groups in total. The number of carbonyl (C=O) groups excluding carboxylic acids is 1. The zero-order valence-corrected chi connectivity index (χ0v) is 17.6. The van der Waals surface area contributed by atoms with Crippen LogP contribution in [0.2, 0.25) is 0 Å². The van der Waals surface area contributed by atoms with E-state index >= 15 is 0 Å². The molecule has 2 aromatic heterocycles. The fourth-order valence-corrected chi connectivity index (χ4v) is 2.74. The first-order valence-electron chi connectivity index (χ1n) is 9.08. The van der Waals surface area contributed by atoms with E-state index in [1.165, 1.54) is 23.9 Å². The molecule has 0 unspecified atom stereocenters. The number of hydrazone groups is 1. The van der Waals surface area contributed by atoms with Crippen LogP contribution >= 0.6 is 0 Å². The molecule has 32 heavy (non-hydrogen) atoms. The maximum Gasteiger partial charge on any atom is 0.311 e. The molecule has 0 atom stereocenters. The zero-order chi connectivity index (χ0) is 23.4. The number of hydrogen-bond donors (Lipinski definition) is 2. The first-order valence-corrected chi connectivity index (χ1v) is 9.08. The highest BCUT2D eigenvalue weighted by Crippen LogP contribution is 2.27. The molecule has 0 aliphatic heterocycles. The van der Waals surface area contributed by atoms with Gasteiger partial charge in [-0.2, -0.15) is 9.78 Å². The predicted molar refractivity (Wildman–Crippen MR) is 110 cm³/mol. The zero-order valence-electron chi connectivity index (χ0n) is 17.6. The molecule has 15 nitrogen and oxygen atoms in total. The van der Waals surface area contributed by atoms with Gasteiger partial charge in [0.15, 0.2) is 11.4 Å². The number of carbonyl (C=O) groups is 1. The van der Waals surface area contributed by atoms with E-state index in [2.05, 4.69) is 35.8 Å². The maximum atomic E-state index is 12.8. The number of nitrogens with two attached hydrogens (primary N) is 1. The van der Waals surface area contributed by atoms with Gasteiger partial charge >= 0.3 is 5.69 Å². The molecule has 0 spiro atoms. The molecular formula is C17H20N10O5. The molecule has 0 fully saturated rings. The molecule has 1 amide bonds. The second kappa shape index (κ2) is 9.17. The van der Waals surface area contributed by atoms with Crippen molar-refractivity contribution in [2.75, 3.05) is 26.9 Å². The van der Waals surface area contributed by atoms with E-state index in [0.717, 1.165) is 0 Å². The Labute approximate surface area is 180 Å². The third-order valence-electron chi connectivity index (χ3n) is 4.26. The Kier molecular flexibility index (Phi) is 6.39. The van der Waals surface area contributed by atoms with Gasteiger partial charge in [0, 0.05) is 18.2 Å². The van der Waals surface area contributed by atoms with Gasteiger partial charge in [0.25, 0.3) is 5.91 Å². The highest BCUT2D eigenvalue weighted by molar-refractivity contribution is 6.01. The number of methoxy groups -OCH3 is 1. The van der Waals surface area contributed by atoms with Crippen molar-refractivity contribution in [2.24, 2.45) is 5.10 Å². The standard InChI is InChI=1S/C17H20N10O5/c1-9(10-5-6-13(31-4)11(7-10)27(29)30)19-21-17(28)14-12(8-25(2)3)26(24-20-14)16-15(18)22-32-23-16/h5-7H,8H2,1-4H3,(H2,18,22)(H,21,28). The van der Waals surface area contributed by atoms with Crippen molar-refractivity contribution >= 4 is 23.1 Å². The third kappa shape index (κ3) is 4.51. The number of aromatic nitrogens is 5. The Bertz CT molecular complexity index is 1180. The summed E-state index contributed by atoms with van der Waals surface area (Å²) in [5.41, 5.74) is 9.01. The molecule has 0 aliphatic carbocycles. The summed E-state index contributed by atoms with van der Waals surface area (Å²) in [4.78, 5) is 25.2. The lowest BCUT2D eigenvalue weighted by Crippen LogP contribution is -2.24. The second-order valence-corrected chi connectivity index (χ2v) is 6.79. The van der Waals surface area contributed by atoms with E-state index in [0.29, 0.717) is 17.0 Å². The van der Waals surface area contributed by atoms with Crippen LogP contribution in [-0.4, -0.2) is 68.0 Å². The number of rotatable bonds is 8. The summed E-state index contributed by atoms with van der Waals surface area (Å²) < 4.78 is 10.8. The van der Waals surface area contributed by atoms with Gasteiger partial charge in [-0.1, -0.05) is 5.21 Å². The number of hydrogen-bond acceptors (Lipinski definition) is 12. The van der Waals surface area contributed by atoms with Crippen molar-refractivity contribution in [2.45, 2.75) is 13.5 Å². The van der Waals surface area contributed by atoms with Crippen LogP contribution in [-0.2, 0) is 6.54 Å². The molecule has 0 saturated heterocycles. The minimum atomic E-state index is -0.648. The fourth-order valence-electron chi connectivity index (χ4n) is 2.74. The molecule has 168 valence electrons. The summed E-state index contributed by atoms with van der Waals surface area (Å²) in [6.07, 6.45) is 0. The van der Waals surface area contributed by atoms with Crippen LogP contribution in [0.3, 0.4) is 0 Å². The van der Waals surface area contributed by atoms with Gasteiger partial charge in [-0.05, 0) is 43.5 Å². The Morgan fingerprint density at radius 2 is 2.16 bits per heavy atom. The predicted octanol–water partition coefficient (Wildman–Crippen LogP) is 0.365. The Morgan fingerprint density at radius 1 is 1.41 bits per heavy atom. The third-order valence-corrected chi connectivity index (χ3v) is 4.26. The summed E-state index contributed by atoms with van der Waals surface area (Å²) >= 11 is 0. The summed E-state index contributed by atoms with van der Waals surface area (Å²) in [5, 5.41) is 30.3. The maximum absolute atomic E-state index is 12.8. The summed E-state index contributed by atoms with van der Waals surface area (Å²) in [5.74, 6) is -0.455. The molecule has 15 heteroatoms. The van der Waals surface area contributed by atoms with Crippen LogP contribution in [0.5, 0.6) is 5.75 Å². The van der Waals surface area contributed by atoms with E-state index in [9.17, 15) is 14.9 Å². The second-order valence-electron chi connectivity index (χ2n) is 6.79. The van der Waals surface area contributed by atoms with Gasteiger partial charge < -0.3 is 15.4 Å². The van der Waals surface area contributed by atoms with Gasteiger partial charge in [-0.3, -0.25) is 14.9 Å². The average molecular weight is 444 g/mol. The van der Waals surface area contributed by atoms with Crippen LogP contribution in [0, 0.1) is 10.1 Å². The van der Waals surface area contributed by atoms with Gasteiger partial charge in [-0.25, -0.2) is 10.1 Å². The Balaban J connectivity index is 1.88. The number of nitrogens with zero attached hydrogens (tertiary/aromatic N) is 8. The molecule has 2 heterocycles. The number of nitro benzene ring substituents is 1. The van der Waals surface area contributed by atoms with E-state index < -0.39 is 10.8 Å². The van der Waals surface area contributed by atoms with Crippen molar-refractivity contribution < 1.29 is 19.1 Å². The highest BCUT2D eigenvalue weighted by atomic mass is 16.6. The minimum Gasteiger partial charge on any atom is -0.490 e. The minimum absolute atomic E-state index is 0.0154. The average Bonchev–Trinajstić information content (AvgIpc) is 3.36. The van der Waals surface area contributed by atoms with Gasteiger partial charge in [0.2, 0.25) is 11.6 Å². The molecule has 0 bridgehead atoms. The van der Waals surface area contributed by atoms with Crippen molar-refractivity contribution in [3.8, 4) is 11.6 Å². The van der Waals surface area contributed by atoms with Crippen LogP contribution < -0.4 is 15.9 Å². The smallest absolute Gasteiger partial charge is 0.311 e. The first kappa shape index (κ1) is 22.3. The van der Waals surface area contributed by atoms with Crippen LogP contribution in [0.1, 0.15) is 28.7 Å². The Morgan fingerprint density at radius 3 is 2.75 bits per heavy atom. The van der Waals surface area contributed by atoms with Crippen molar-refractivity contribution in [3.05, 3.63) is 45.3 Å². The summed E-state index contributed by atoms with van der Waals surface area (Å²) in [7, 11) is 4.93. The fraction of sp³-hybridized carbons (Fsp3) is 0.294. The number of nitro groups is 1. The van der Waals surface area contributed by atoms with Crippen LogP contribution in [0.15, 0.2) is 27.9 Å². The van der Waals surface area contributed by atoms with E-state index in [1.54, 1.807) is 32.0 Å². The number of amides is 1. The summed E-state index contributed by atoms with van der Waals surface area (Å²) in [6, 6.07) is 4.34. The Hall–Kier alpha value is -4.40. The monoisotopic (exact) mass is 444 g/mol. The van der Waals surface area contributed by atoms with Crippen molar-refractivity contribution in [1.29, 1.82) is 0 Å². The number of anilines is 1. The highest BCUT2D eigenvalue weighted by Gasteiger charge is 2.24. The van der Waals surface area contributed by atoms with Crippen molar-refractivity contribution in [3.63, 3.8) is 0 Å². The van der Waals surface area contributed by atoms with E-state index in [4.69, 9.17) is 10.5 Å². The van der Waals surface area contributed by atoms with Crippen LogP contribution in [0.25, 0.3) is 5.82 Å². The lowest BCUT2D eigenvalue weighted by atomic mass is 10.1. The lowest BCUT2D eigenvalue weighted by molar-refractivity contribution is -0.385.